The van der Waals surface area contributed by atoms with Crippen molar-refractivity contribution in [1.82, 2.24) is 10.5 Å². The number of amides is 2. The molecule has 1 aromatic carbocycles. The largest absolute Gasteiger partial charge is 0.442 e. The summed E-state index contributed by atoms with van der Waals surface area (Å²) >= 11 is 0. The Labute approximate surface area is 133 Å². The number of anilines is 1. The van der Waals surface area contributed by atoms with E-state index in [1.165, 1.54) is 0 Å². The molecule has 0 radical (unpaired) electrons. The van der Waals surface area contributed by atoms with Crippen molar-refractivity contribution >= 4 is 17.7 Å². The minimum absolute atomic E-state index is 0.139. The molecule has 7 heteroatoms. The highest BCUT2D eigenvalue weighted by atomic mass is 16.6. The van der Waals surface area contributed by atoms with Crippen LogP contribution in [0.2, 0.25) is 0 Å². The fourth-order valence-electron chi connectivity index (χ4n) is 2.40. The van der Waals surface area contributed by atoms with Crippen LogP contribution in [0.5, 0.6) is 0 Å². The molecule has 120 valence electrons. The number of aromatic nitrogens is 1. The van der Waals surface area contributed by atoms with E-state index >= 15 is 0 Å². The minimum atomic E-state index is -0.400. The summed E-state index contributed by atoms with van der Waals surface area (Å²) in [7, 11) is 0. The topological polar surface area (TPSA) is 84.7 Å². The lowest BCUT2D eigenvalue weighted by molar-refractivity contribution is -0.120. The SMILES string of the molecule is Cc1cc(CC(=O)NCC2CN(c3ccccc3)C(=O)O2)no1. The molecular formula is C16H17N3O4. The number of rotatable bonds is 5. The zero-order valence-electron chi connectivity index (χ0n) is 12.7. The van der Waals surface area contributed by atoms with Crippen molar-refractivity contribution in [3.8, 4) is 0 Å². The summed E-state index contributed by atoms with van der Waals surface area (Å²) in [5.41, 5.74) is 1.36. The number of para-hydroxylation sites is 1. The molecule has 1 aliphatic heterocycles. The van der Waals surface area contributed by atoms with E-state index in [0.717, 1.165) is 5.69 Å². The van der Waals surface area contributed by atoms with Crippen LogP contribution >= 0.6 is 0 Å². The van der Waals surface area contributed by atoms with Crippen molar-refractivity contribution in [3.63, 3.8) is 0 Å². The van der Waals surface area contributed by atoms with Gasteiger partial charge in [-0.05, 0) is 19.1 Å². The lowest BCUT2D eigenvalue weighted by Gasteiger charge is -2.12. The molecule has 0 aliphatic carbocycles. The van der Waals surface area contributed by atoms with E-state index in [2.05, 4.69) is 10.5 Å². The number of carbonyl (C=O) groups is 2. The van der Waals surface area contributed by atoms with Crippen LogP contribution in [0.25, 0.3) is 0 Å². The number of hydrogen-bond donors (Lipinski definition) is 1. The molecule has 3 rings (SSSR count). The molecule has 0 saturated carbocycles. The van der Waals surface area contributed by atoms with E-state index in [4.69, 9.17) is 9.26 Å². The maximum atomic E-state index is 11.9. The Balaban J connectivity index is 1.50. The van der Waals surface area contributed by atoms with Crippen LogP contribution in [0.15, 0.2) is 40.9 Å². The van der Waals surface area contributed by atoms with Gasteiger partial charge in [0.15, 0.2) is 0 Å². The standard InChI is InChI=1S/C16H17N3O4/c1-11-7-12(18-23-11)8-15(20)17-9-14-10-19(16(21)22-14)13-5-3-2-4-6-13/h2-7,14H,8-10H2,1H3,(H,17,20). The predicted molar refractivity (Wildman–Crippen MR) is 82.0 cm³/mol. The van der Waals surface area contributed by atoms with Gasteiger partial charge in [-0.25, -0.2) is 4.79 Å². The summed E-state index contributed by atoms with van der Waals surface area (Å²) in [6.45, 7) is 2.45. The van der Waals surface area contributed by atoms with Crippen molar-refractivity contribution in [2.45, 2.75) is 19.4 Å². The number of cyclic esters (lactones) is 1. The number of ether oxygens (including phenoxy) is 1. The van der Waals surface area contributed by atoms with Gasteiger partial charge in [-0.2, -0.15) is 0 Å². The second-order valence-corrected chi connectivity index (χ2v) is 5.36. The molecule has 0 spiro atoms. The molecule has 7 nitrogen and oxygen atoms in total. The number of hydrogen-bond acceptors (Lipinski definition) is 5. The van der Waals surface area contributed by atoms with E-state index in [-0.39, 0.29) is 25.0 Å². The van der Waals surface area contributed by atoms with E-state index in [9.17, 15) is 9.59 Å². The molecule has 2 aromatic rings. The Hall–Kier alpha value is -2.83. The molecule has 23 heavy (non-hydrogen) atoms. The summed E-state index contributed by atoms with van der Waals surface area (Å²) in [6.07, 6.45) is -0.631. The molecule has 1 N–H and O–H groups in total. The molecule has 1 atom stereocenters. The Morgan fingerprint density at radius 2 is 2.17 bits per heavy atom. The molecule has 1 aromatic heterocycles. The molecule has 0 bridgehead atoms. The fraction of sp³-hybridized carbons (Fsp3) is 0.312. The first-order chi connectivity index (χ1) is 11.1. The van der Waals surface area contributed by atoms with Crippen molar-refractivity contribution in [1.29, 1.82) is 0 Å². The molecule has 1 saturated heterocycles. The fourth-order valence-corrected chi connectivity index (χ4v) is 2.40. The number of nitrogens with zero attached hydrogens (tertiary/aromatic N) is 2. The maximum Gasteiger partial charge on any atom is 0.414 e. The smallest absolute Gasteiger partial charge is 0.414 e. The minimum Gasteiger partial charge on any atom is -0.442 e. The molecule has 1 aliphatic rings. The Morgan fingerprint density at radius 3 is 2.87 bits per heavy atom. The summed E-state index contributed by atoms with van der Waals surface area (Å²) in [6, 6.07) is 11.0. The van der Waals surface area contributed by atoms with Crippen LogP contribution in [0.3, 0.4) is 0 Å². The lowest BCUT2D eigenvalue weighted by Crippen LogP contribution is -2.35. The van der Waals surface area contributed by atoms with Crippen molar-refractivity contribution < 1.29 is 18.8 Å². The van der Waals surface area contributed by atoms with Gasteiger partial charge >= 0.3 is 6.09 Å². The average molecular weight is 315 g/mol. The van der Waals surface area contributed by atoms with Crippen LogP contribution in [0.4, 0.5) is 10.5 Å². The second kappa shape index (κ2) is 6.51. The van der Waals surface area contributed by atoms with E-state index in [1.54, 1.807) is 17.9 Å². The monoisotopic (exact) mass is 315 g/mol. The molecular weight excluding hydrogens is 298 g/mol. The lowest BCUT2D eigenvalue weighted by atomic mass is 10.2. The van der Waals surface area contributed by atoms with E-state index < -0.39 is 6.09 Å². The van der Waals surface area contributed by atoms with E-state index in [1.807, 2.05) is 30.3 Å². The first kappa shape index (κ1) is 15.1. The van der Waals surface area contributed by atoms with Crippen molar-refractivity contribution in [2.24, 2.45) is 0 Å². The van der Waals surface area contributed by atoms with Gasteiger partial charge < -0.3 is 14.6 Å². The summed E-state index contributed by atoms with van der Waals surface area (Å²) in [5.74, 6) is 0.475. The first-order valence-corrected chi connectivity index (χ1v) is 7.34. The number of nitrogens with one attached hydrogen (secondary N) is 1. The van der Waals surface area contributed by atoms with Gasteiger partial charge in [-0.1, -0.05) is 23.4 Å². The van der Waals surface area contributed by atoms with Crippen molar-refractivity contribution in [2.75, 3.05) is 18.0 Å². The quantitative estimate of drug-likeness (QED) is 0.907. The van der Waals surface area contributed by atoms with Gasteiger partial charge in [0.25, 0.3) is 0 Å². The van der Waals surface area contributed by atoms with Gasteiger partial charge in [-0.3, -0.25) is 9.69 Å². The first-order valence-electron chi connectivity index (χ1n) is 7.34. The summed E-state index contributed by atoms with van der Waals surface area (Å²) in [4.78, 5) is 25.3. The normalized spacial score (nSPS) is 17.2. The maximum absolute atomic E-state index is 11.9. The van der Waals surface area contributed by atoms with Gasteiger partial charge in [0.05, 0.1) is 25.2 Å². The number of carbonyl (C=O) groups excluding carboxylic acids is 2. The van der Waals surface area contributed by atoms with E-state index in [0.29, 0.717) is 18.0 Å². The van der Waals surface area contributed by atoms with Gasteiger partial charge in [-0.15, -0.1) is 0 Å². The third-order valence-corrected chi connectivity index (χ3v) is 3.49. The third kappa shape index (κ3) is 3.68. The summed E-state index contributed by atoms with van der Waals surface area (Å²) in [5, 5.41) is 6.52. The van der Waals surface area contributed by atoms with Crippen molar-refractivity contribution in [3.05, 3.63) is 47.9 Å². The molecule has 1 fully saturated rings. The summed E-state index contributed by atoms with van der Waals surface area (Å²) < 4.78 is 10.2. The van der Waals surface area contributed by atoms with Gasteiger partial charge in [0.1, 0.15) is 11.9 Å². The average Bonchev–Trinajstić information content (AvgIpc) is 3.12. The van der Waals surface area contributed by atoms with Crippen LogP contribution in [-0.4, -0.2) is 36.4 Å². The molecule has 2 heterocycles. The Bertz CT molecular complexity index is 698. The van der Waals surface area contributed by atoms with Gasteiger partial charge in [0, 0.05) is 11.8 Å². The van der Waals surface area contributed by atoms with Crippen LogP contribution in [-0.2, 0) is 16.0 Å². The highest BCUT2D eigenvalue weighted by Gasteiger charge is 2.32. The van der Waals surface area contributed by atoms with Crippen LogP contribution < -0.4 is 10.2 Å². The zero-order valence-corrected chi connectivity index (χ0v) is 12.7. The number of benzene rings is 1. The molecule has 1 unspecified atom stereocenters. The number of aryl methyl sites for hydroxylation is 1. The highest BCUT2D eigenvalue weighted by molar-refractivity contribution is 5.89. The van der Waals surface area contributed by atoms with Gasteiger partial charge in [0.2, 0.25) is 5.91 Å². The van der Waals surface area contributed by atoms with Crippen LogP contribution in [0.1, 0.15) is 11.5 Å². The zero-order chi connectivity index (χ0) is 16.2. The highest BCUT2D eigenvalue weighted by Crippen LogP contribution is 2.20. The third-order valence-electron chi connectivity index (χ3n) is 3.49. The van der Waals surface area contributed by atoms with Crippen LogP contribution in [0, 0.1) is 6.92 Å². The Kier molecular flexibility index (Phi) is 4.27. The molecule has 2 amide bonds. The Morgan fingerprint density at radius 1 is 1.39 bits per heavy atom. The second-order valence-electron chi connectivity index (χ2n) is 5.36. The predicted octanol–water partition coefficient (Wildman–Crippen LogP) is 1.67.